The van der Waals surface area contributed by atoms with E-state index in [0.717, 1.165) is 25.7 Å². The van der Waals surface area contributed by atoms with Gasteiger partial charge in [-0.1, -0.05) is 19.8 Å². The highest BCUT2D eigenvalue weighted by molar-refractivity contribution is 4.91. The topological polar surface area (TPSA) is 15.3 Å². The molecular formula is C14H26N2. The number of nitrogens with one attached hydrogen (secondary N) is 1. The molecule has 92 valence electrons. The van der Waals surface area contributed by atoms with Gasteiger partial charge in [0.15, 0.2) is 0 Å². The molecule has 1 N–H and O–H groups in total. The van der Waals surface area contributed by atoms with E-state index in [0.29, 0.717) is 12.0 Å². The van der Waals surface area contributed by atoms with Gasteiger partial charge in [0.1, 0.15) is 0 Å². The summed E-state index contributed by atoms with van der Waals surface area (Å²) in [5, 5.41) is 3.60. The van der Waals surface area contributed by atoms with Crippen LogP contribution in [0.3, 0.4) is 0 Å². The average Bonchev–Trinajstić information content (AvgIpc) is 3.08. The Bertz CT molecular complexity index is 227. The van der Waals surface area contributed by atoms with Gasteiger partial charge in [0, 0.05) is 12.1 Å². The number of terminal acetylenes is 1. The third kappa shape index (κ3) is 4.55. The SMILES string of the molecule is C#CCN(CCC)C(C)C(C)CNC1CC1. The molecule has 1 rings (SSSR count). The predicted octanol–water partition coefficient (Wildman–Crippen LogP) is 2.11. The Labute approximate surface area is 101 Å². The molecule has 2 atom stereocenters. The molecule has 0 radical (unpaired) electrons. The quantitative estimate of drug-likeness (QED) is 0.633. The normalized spacial score (nSPS) is 19.4. The first-order valence-corrected chi connectivity index (χ1v) is 6.59. The van der Waals surface area contributed by atoms with E-state index in [1.165, 1.54) is 19.3 Å². The van der Waals surface area contributed by atoms with Gasteiger partial charge in [0.05, 0.1) is 6.54 Å². The lowest BCUT2D eigenvalue weighted by atomic mass is 10.0. The van der Waals surface area contributed by atoms with E-state index in [4.69, 9.17) is 6.42 Å². The molecule has 1 fully saturated rings. The molecule has 0 aromatic carbocycles. The third-order valence-electron chi connectivity index (χ3n) is 3.51. The zero-order valence-electron chi connectivity index (χ0n) is 11.0. The number of hydrogen-bond donors (Lipinski definition) is 1. The summed E-state index contributed by atoms with van der Waals surface area (Å²) in [6.45, 7) is 9.84. The molecule has 2 heteroatoms. The summed E-state index contributed by atoms with van der Waals surface area (Å²) < 4.78 is 0. The molecule has 0 aliphatic heterocycles. The van der Waals surface area contributed by atoms with E-state index in [1.807, 2.05) is 0 Å². The van der Waals surface area contributed by atoms with Crippen LogP contribution in [-0.2, 0) is 0 Å². The Kier molecular flexibility index (Phi) is 5.87. The van der Waals surface area contributed by atoms with E-state index in [2.05, 4.69) is 36.9 Å². The second kappa shape index (κ2) is 6.93. The van der Waals surface area contributed by atoms with Crippen LogP contribution < -0.4 is 5.32 Å². The maximum atomic E-state index is 5.42. The van der Waals surface area contributed by atoms with Gasteiger partial charge >= 0.3 is 0 Å². The summed E-state index contributed by atoms with van der Waals surface area (Å²) in [4.78, 5) is 2.42. The lowest BCUT2D eigenvalue weighted by Crippen LogP contribution is -2.42. The first-order chi connectivity index (χ1) is 7.69. The molecule has 1 aliphatic rings. The van der Waals surface area contributed by atoms with E-state index in [1.54, 1.807) is 0 Å². The second-order valence-corrected chi connectivity index (χ2v) is 5.08. The summed E-state index contributed by atoms with van der Waals surface area (Å²) in [5.41, 5.74) is 0. The molecular weight excluding hydrogens is 196 g/mol. The number of rotatable bonds is 8. The highest BCUT2D eigenvalue weighted by Gasteiger charge is 2.24. The van der Waals surface area contributed by atoms with Crippen LogP contribution in [0.15, 0.2) is 0 Å². The Hall–Kier alpha value is -0.520. The van der Waals surface area contributed by atoms with E-state index < -0.39 is 0 Å². The number of nitrogens with zero attached hydrogens (tertiary/aromatic N) is 1. The Morgan fingerprint density at radius 3 is 2.62 bits per heavy atom. The van der Waals surface area contributed by atoms with Gasteiger partial charge in [-0.2, -0.15) is 0 Å². The first kappa shape index (κ1) is 13.5. The lowest BCUT2D eigenvalue weighted by Gasteiger charge is -2.31. The summed E-state index contributed by atoms with van der Waals surface area (Å²) in [6, 6.07) is 1.38. The lowest BCUT2D eigenvalue weighted by molar-refractivity contribution is 0.179. The molecule has 1 aliphatic carbocycles. The molecule has 0 heterocycles. The van der Waals surface area contributed by atoms with Crippen LogP contribution in [0.25, 0.3) is 0 Å². The van der Waals surface area contributed by atoms with Crippen molar-refractivity contribution in [3.8, 4) is 12.3 Å². The van der Waals surface area contributed by atoms with Crippen molar-refractivity contribution in [1.29, 1.82) is 0 Å². The van der Waals surface area contributed by atoms with Crippen molar-refractivity contribution >= 4 is 0 Å². The van der Waals surface area contributed by atoms with Gasteiger partial charge in [-0.15, -0.1) is 6.42 Å². The molecule has 1 saturated carbocycles. The van der Waals surface area contributed by atoms with Crippen molar-refractivity contribution in [2.75, 3.05) is 19.6 Å². The molecule has 0 amide bonds. The maximum Gasteiger partial charge on any atom is 0.0601 e. The molecule has 16 heavy (non-hydrogen) atoms. The molecule has 0 aromatic rings. The van der Waals surface area contributed by atoms with Gasteiger partial charge in [-0.05, 0) is 45.2 Å². The van der Waals surface area contributed by atoms with Crippen LogP contribution >= 0.6 is 0 Å². The number of hydrogen-bond acceptors (Lipinski definition) is 2. The molecule has 2 unspecified atom stereocenters. The molecule has 0 aromatic heterocycles. The van der Waals surface area contributed by atoms with E-state index in [9.17, 15) is 0 Å². The predicted molar refractivity (Wildman–Crippen MR) is 70.3 cm³/mol. The summed E-state index contributed by atoms with van der Waals surface area (Å²) in [6.07, 6.45) is 9.33. The largest absolute Gasteiger partial charge is 0.314 e. The summed E-state index contributed by atoms with van der Waals surface area (Å²) in [7, 11) is 0. The average molecular weight is 222 g/mol. The van der Waals surface area contributed by atoms with Crippen molar-refractivity contribution in [2.45, 2.75) is 52.1 Å². The van der Waals surface area contributed by atoms with Crippen LogP contribution in [0.1, 0.15) is 40.0 Å². The van der Waals surface area contributed by atoms with Gasteiger partial charge in [0.2, 0.25) is 0 Å². The van der Waals surface area contributed by atoms with Crippen molar-refractivity contribution in [1.82, 2.24) is 10.2 Å². The van der Waals surface area contributed by atoms with Crippen molar-refractivity contribution in [3.05, 3.63) is 0 Å². The minimum atomic E-state index is 0.572. The summed E-state index contributed by atoms with van der Waals surface area (Å²) in [5.74, 6) is 3.44. The van der Waals surface area contributed by atoms with Crippen LogP contribution in [0, 0.1) is 18.3 Å². The van der Waals surface area contributed by atoms with Crippen LogP contribution in [0.4, 0.5) is 0 Å². The third-order valence-corrected chi connectivity index (χ3v) is 3.51. The monoisotopic (exact) mass is 222 g/mol. The van der Waals surface area contributed by atoms with Crippen molar-refractivity contribution in [2.24, 2.45) is 5.92 Å². The molecule has 2 nitrogen and oxygen atoms in total. The molecule has 0 spiro atoms. The zero-order chi connectivity index (χ0) is 12.0. The first-order valence-electron chi connectivity index (χ1n) is 6.59. The maximum absolute atomic E-state index is 5.42. The minimum absolute atomic E-state index is 0.572. The van der Waals surface area contributed by atoms with Gasteiger partial charge in [-0.3, -0.25) is 4.90 Å². The highest BCUT2D eigenvalue weighted by Crippen LogP contribution is 2.19. The molecule has 0 saturated heterocycles. The Morgan fingerprint density at radius 2 is 2.12 bits per heavy atom. The van der Waals surface area contributed by atoms with Crippen LogP contribution in [0.2, 0.25) is 0 Å². The van der Waals surface area contributed by atoms with Crippen molar-refractivity contribution in [3.63, 3.8) is 0 Å². The Morgan fingerprint density at radius 1 is 1.44 bits per heavy atom. The van der Waals surface area contributed by atoms with Crippen molar-refractivity contribution < 1.29 is 0 Å². The van der Waals surface area contributed by atoms with E-state index >= 15 is 0 Å². The van der Waals surface area contributed by atoms with Crippen LogP contribution in [-0.4, -0.2) is 36.6 Å². The fourth-order valence-corrected chi connectivity index (χ4v) is 2.00. The fraction of sp³-hybridized carbons (Fsp3) is 0.857. The zero-order valence-corrected chi connectivity index (χ0v) is 11.0. The van der Waals surface area contributed by atoms with Crippen LogP contribution in [0.5, 0.6) is 0 Å². The Balaban J connectivity index is 2.31. The summed E-state index contributed by atoms with van der Waals surface area (Å²) >= 11 is 0. The second-order valence-electron chi connectivity index (χ2n) is 5.08. The minimum Gasteiger partial charge on any atom is -0.314 e. The smallest absolute Gasteiger partial charge is 0.0601 e. The van der Waals surface area contributed by atoms with Gasteiger partial charge in [0.25, 0.3) is 0 Å². The highest BCUT2D eigenvalue weighted by atomic mass is 15.2. The van der Waals surface area contributed by atoms with E-state index in [-0.39, 0.29) is 0 Å². The van der Waals surface area contributed by atoms with Gasteiger partial charge in [-0.25, -0.2) is 0 Å². The molecule has 0 bridgehead atoms. The standard InChI is InChI=1S/C14H26N2/c1-5-9-16(10-6-2)13(4)12(3)11-15-14-7-8-14/h1,12-15H,6-11H2,2-4H3. The fourth-order valence-electron chi connectivity index (χ4n) is 2.00. The van der Waals surface area contributed by atoms with Gasteiger partial charge < -0.3 is 5.32 Å².